The molecule has 0 saturated carbocycles. The van der Waals surface area contributed by atoms with Gasteiger partial charge >= 0.3 is 0 Å². The number of hydrogen-bond donors (Lipinski definition) is 7. The van der Waals surface area contributed by atoms with Gasteiger partial charge in [-0.1, -0.05) is 181 Å². The van der Waals surface area contributed by atoms with Crippen LogP contribution in [0.1, 0.15) is 194 Å². The Morgan fingerprint density at radius 3 is 1.39 bits per heavy atom. The van der Waals surface area contributed by atoms with Crippen molar-refractivity contribution in [2.75, 3.05) is 13.2 Å². The summed E-state index contributed by atoms with van der Waals surface area (Å²) < 4.78 is 11.2. The van der Waals surface area contributed by atoms with Gasteiger partial charge in [0.2, 0.25) is 5.91 Å². The third-order valence-electron chi connectivity index (χ3n) is 10.6. The second-order valence-electron chi connectivity index (χ2n) is 15.3. The highest BCUT2D eigenvalue weighted by atomic mass is 16.7. The van der Waals surface area contributed by atoms with E-state index in [0.29, 0.717) is 12.8 Å². The van der Waals surface area contributed by atoms with Crippen molar-refractivity contribution >= 4 is 5.91 Å². The lowest BCUT2D eigenvalue weighted by atomic mass is 9.99. The Balaban J connectivity index is 2.44. The molecule has 0 radical (unpaired) electrons. The maximum absolute atomic E-state index is 13.0. The van der Waals surface area contributed by atoms with Crippen molar-refractivity contribution in [2.24, 2.45) is 0 Å². The van der Waals surface area contributed by atoms with Crippen LogP contribution in [-0.2, 0) is 14.3 Å². The summed E-state index contributed by atoms with van der Waals surface area (Å²) in [6, 6.07) is -0.886. The number of amides is 1. The molecule has 51 heavy (non-hydrogen) atoms. The highest BCUT2D eigenvalue weighted by Crippen LogP contribution is 2.23. The third kappa shape index (κ3) is 23.5. The summed E-state index contributed by atoms with van der Waals surface area (Å²) >= 11 is 0. The molecule has 0 bridgehead atoms. The molecule has 1 rings (SSSR count). The number of ether oxygens (including phenoxy) is 2. The maximum Gasteiger partial charge on any atom is 0.249 e. The van der Waals surface area contributed by atoms with Crippen LogP contribution in [0.15, 0.2) is 0 Å². The van der Waals surface area contributed by atoms with Crippen molar-refractivity contribution in [2.45, 2.75) is 243 Å². The summed E-state index contributed by atoms with van der Waals surface area (Å²) in [5, 5.41) is 64.6. The van der Waals surface area contributed by atoms with Gasteiger partial charge in [0.1, 0.15) is 30.5 Å². The van der Waals surface area contributed by atoms with E-state index < -0.39 is 61.5 Å². The Morgan fingerprint density at radius 1 is 0.588 bits per heavy atom. The van der Waals surface area contributed by atoms with Gasteiger partial charge in [0, 0.05) is 0 Å². The second-order valence-corrected chi connectivity index (χ2v) is 15.3. The largest absolute Gasteiger partial charge is 0.394 e. The van der Waals surface area contributed by atoms with E-state index in [2.05, 4.69) is 19.2 Å². The fraction of sp³-hybridized carbons (Fsp3) is 0.976. The van der Waals surface area contributed by atoms with Crippen molar-refractivity contribution in [1.29, 1.82) is 0 Å². The zero-order chi connectivity index (χ0) is 37.5. The highest BCUT2D eigenvalue weighted by molar-refractivity contribution is 5.80. The number of hydrogen-bond acceptors (Lipinski definition) is 9. The van der Waals surface area contributed by atoms with Crippen molar-refractivity contribution in [3.63, 3.8) is 0 Å². The first kappa shape index (κ1) is 48.2. The van der Waals surface area contributed by atoms with Crippen molar-refractivity contribution in [1.82, 2.24) is 5.32 Å². The molecule has 1 amide bonds. The SMILES string of the molecule is CCCCCCCCCCCCCCCCC(O)C(COC1OC(CO)C(O)C(O)C1O)NC(=O)C(O)CCCCCCCCCCCCCC. The highest BCUT2D eigenvalue weighted by Gasteiger charge is 2.44. The maximum atomic E-state index is 13.0. The van der Waals surface area contributed by atoms with Gasteiger partial charge in [-0.3, -0.25) is 4.79 Å². The van der Waals surface area contributed by atoms with Gasteiger partial charge in [0.05, 0.1) is 25.4 Å². The Labute approximate surface area is 311 Å². The van der Waals surface area contributed by atoms with Crippen LogP contribution in [-0.4, -0.2) is 98.7 Å². The number of aliphatic hydroxyl groups is 6. The number of nitrogens with one attached hydrogen (secondary N) is 1. The number of rotatable bonds is 35. The second kappa shape index (κ2) is 32.6. The standard InChI is InChI=1S/C41H81NO9/c1-3-5-7-9-11-13-15-17-18-20-21-23-25-27-29-34(44)33(32-50-41-39(48)38(47)37(46)36(31-43)51-41)42-40(49)35(45)30-28-26-24-22-19-16-14-12-10-8-6-4-2/h33-39,41,43-48H,3-32H2,1-2H3,(H,42,49). The number of carbonyl (C=O) groups excluding carboxylic acids is 1. The summed E-state index contributed by atoms with van der Waals surface area (Å²) in [6.45, 7) is 3.65. The van der Waals surface area contributed by atoms with Crippen LogP contribution in [0.4, 0.5) is 0 Å². The Bertz CT molecular complexity index is 788. The molecular weight excluding hydrogens is 650 g/mol. The van der Waals surface area contributed by atoms with Crippen molar-refractivity contribution in [3.8, 4) is 0 Å². The van der Waals surface area contributed by atoms with E-state index in [1.165, 1.54) is 122 Å². The molecule has 8 unspecified atom stereocenters. The van der Waals surface area contributed by atoms with E-state index in [4.69, 9.17) is 9.47 Å². The lowest BCUT2D eigenvalue weighted by Gasteiger charge is -2.40. The van der Waals surface area contributed by atoms with E-state index in [1.807, 2.05) is 0 Å². The summed E-state index contributed by atoms with van der Waals surface area (Å²) in [6.07, 6.45) is 22.9. The average Bonchev–Trinajstić information content (AvgIpc) is 3.13. The van der Waals surface area contributed by atoms with Gasteiger partial charge in [-0.15, -0.1) is 0 Å². The Morgan fingerprint density at radius 2 is 0.980 bits per heavy atom. The average molecular weight is 732 g/mol. The lowest BCUT2D eigenvalue weighted by molar-refractivity contribution is -0.302. The number of carbonyl (C=O) groups is 1. The molecule has 7 N–H and O–H groups in total. The summed E-state index contributed by atoms with van der Waals surface area (Å²) in [4.78, 5) is 13.0. The topological polar surface area (TPSA) is 169 Å². The molecule has 10 heteroatoms. The summed E-state index contributed by atoms with van der Waals surface area (Å²) in [7, 11) is 0. The molecule has 1 aliphatic rings. The number of aliphatic hydroxyl groups excluding tert-OH is 6. The van der Waals surface area contributed by atoms with Gasteiger partial charge in [-0.05, 0) is 12.8 Å². The van der Waals surface area contributed by atoms with E-state index in [9.17, 15) is 35.4 Å². The van der Waals surface area contributed by atoms with E-state index in [0.717, 1.165) is 44.9 Å². The molecule has 0 aromatic heterocycles. The minimum atomic E-state index is -1.59. The van der Waals surface area contributed by atoms with Gasteiger partial charge in [-0.25, -0.2) is 0 Å². The molecule has 1 fully saturated rings. The van der Waals surface area contributed by atoms with Crippen LogP contribution in [0.2, 0.25) is 0 Å². The minimum absolute atomic E-state index is 0.250. The fourth-order valence-electron chi connectivity index (χ4n) is 6.99. The zero-order valence-electron chi connectivity index (χ0n) is 32.7. The Kier molecular flexibility index (Phi) is 30.8. The number of unbranched alkanes of at least 4 members (excludes halogenated alkanes) is 24. The summed E-state index contributed by atoms with van der Waals surface area (Å²) in [5.41, 5.74) is 0. The first-order valence-corrected chi connectivity index (χ1v) is 21.3. The molecule has 0 aromatic rings. The fourth-order valence-corrected chi connectivity index (χ4v) is 6.99. The van der Waals surface area contributed by atoms with Gasteiger partial charge in [0.15, 0.2) is 6.29 Å². The van der Waals surface area contributed by atoms with E-state index in [-0.39, 0.29) is 6.61 Å². The molecule has 1 heterocycles. The quantitative estimate of drug-likeness (QED) is 0.0341. The molecule has 304 valence electrons. The van der Waals surface area contributed by atoms with Crippen LogP contribution in [0.5, 0.6) is 0 Å². The van der Waals surface area contributed by atoms with Crippen LogP contribution in [0.25, 0.3) is 0 Å². The third-order valence-corrected chi connectivity index (χ3v) is 10.6. The van der Waals surface area contributed by atoms with Crippen LogP contribution >= 0.6 is 0 Å². The van der Waals surface area contributed by atoms with Gasteiger partial charge < -0.3 is 45.4 Å². The first-order valence-electron chi connectivity index (χ1n) is 21.3. The molecule has 10 nitrogen and oxygen atoms in total. The lowest BCUT2D eigenvalue weighted by Crippen LogP contribution is -2.60. The predicted molar refractivity (Wildman–Crippen MR) is 204 cm³/mol. The molecule has 0 aromatic carbocycles. The molecule has 8 atom stereocenters. The predicted octanol–water partition coefficient (Wildman–Crippen LogP) is 6.97. The molecule has 1 saturated heterocycles. The monoisotopic (exact) mass is 732 g/mol. The zero-order valence-corrected chi connectivity index (χ0v) is 32.7. The summed E-state index contributed by atoms with van der Waals surface area (Å²) in [5.74, 6) is -0.583. The van der Waals surface area contributed by atoms with E-state index in [1.54, 1.807) is 0 Å². The Hall–Kier alpha value is -0.850. The van der Waals surface area contributed by atoms with Gasteiger partial charge in [0.25, 0.3) is 0 Å². The van der Waals surface area contributed by atoms with Crippen molar-refractivity contribution < 1.29 is 44.9 Å². The van der Waals surface area contributed by atoms with Crippen LogP contribution in [0.3, 0.4) is 0 Å². The molecule has 1 aliphatic heterocycles. The van der Waals surface area contributed by atoms with Gasteiger partial charge in [-0.2, -0.15) is 0 Å². The normalized spacial score (nSPS) is 22.5. The molecule has 0 aliphatic carbocycles. The van der Waals surface area contributed by atoms with Crippen LogP contribution in [0, 0.1) is 0 Å². The van der Waals surface area contributed by atoms with Crippen molar-refractivity contribution in [3.05, 3.63) is 0 Å². The minimum Gasteiger partial charge on any atom is -0.394 e. The first-order chi connectivity index (χ1) is 24.8. The van der Waals surface area contributed by atoms with E-state index >= 15 is 0 Å². The molecule has 0 spiro atoms. The molecular formula is C41H81NO9. The smallest absolute Gasteiger partial charge is 0.249 e. The van der Waals surface area contributed by atoms with Crippen LogP contribution < -0.4 is 5.32 Å².